The molecule has 7 nitrogen and oxygen atoms in total. The molecule has 0 aliphatic carbocycles. The maximum Gasteiger partial charge on any atom is 0.243 e. The Bertz CT molecular complexity index is 565. The molecule has 1 unspecified atom stereocenters. The van der Waals surface area contributed by atoms with Gasteiger partial charge in [-0.3, -0.25) is 14.5 Å². The Balaban J connectivity index is 0.00000220. The van der Waals surface area contributed by atoms with Crippen molar-refractivity contribution >= 4 is 36.4 Å². The van der Waals surface area contributed by atoms with Crippen LogP contribution in [0.25, 0.3) is 0 Å². The van der Waals surface area contributed by atoms with Crippen LogP contribution >= 0.6 is 24.8 Å². The van der Waals surface area contributed by atoms with E-state index in [1.165, 1.54) is 7.11 Å². The second kappa shape index (κ2) is 10.1. The number of amides is 1. The molecule has 1 amide bonds. The summed E-state index contributed by atoms with van der Waals surface area (Å²) in [5.74, 6) is -0.296. The highest BCUT2D eigenvalue weighted by Gasteiger charge is 2.13. The Morgan fingerprint density at radius 2 is 2.09 bits per heavy atom. The van der Waals surface area contributed by atoms with Crippen LogP contribution in [0.4, 0.5) is 5.69 Å². The van der Waals surface area contributed by atoms with E-state index >= 15 is 0 Å². The van der Waals surface area contributed by atoms with Gasteiger partial charge in [-0.05, 0) is 17.7 Å². The van der Waals surface area contributed by atoms with Crippen molar-refractivity contribution in [2.45, 2.75) is 12.6 Å². The lowest BCUT2D eigenvalue weighted by molar-refractivity contribution is -0.118. The average Bonchev–Trinajstić information content (AvgIpc) is 2.87. The third kappa shape index (κ3) is 5.98. The summed E-state index contributed by atoms with van der Waals surface area (Å²) in [7, 11) is 1.50. The van der Waals surface area contributed by atoms with Crippen molar-refractivity contribution in [1.29, 1.82) is 0 Å². The number of halogens is 2. The van der Waals surface area contributed by atoms with Crippen LogP contribution in [-0.4, -0.2) is 40.4 Å². The van der Waals surface area contributed by atoms with E-state index < -0.39 is 6.04 Å². The molecule has 2 heterocycles. The van der Waals surface area contributed by atoms with E-state index in [9.17, 15) is 4.79 Å². The first-order valence-corrected chi connectivity index (χ1v) is 6.16. The summed E-state index contributed by atoms with van der Waals surface area (Å²) >= 11 is 0. The van der Waals surface area contributed by atoms with E-state index in [1.807, 2.05) is 12.1 Å². The van der Waals surface area contributed by atoms with Crippen LogP contribution in [0.15, 0.2) is 36.9 Å². The Labute approximate surface area is 141 Å². The standard InChI is InChI=1S/C13H17N5O2.2ClH/c1-20-9-12(14)13(19)17-11-6-16-18(8-11)7-10-2-4-15-5-3-10;;/h2-6,8,12H,7,9,14H2,1H3,(H,17,19);2*1H. The molecule has 0 fully saturated rings. The van der Waals surface area contributed by atoms with E-state index in [4.69, 9.17) is 10.5 Å². The number of methoxy groups -OCH3 is 1. The molecule has 0 spiro atoms. The summed E-state index contributed by atoms with van der Waals surface area (Å²) < 4.78 is 6.56. The summed E-state index contributed by atoms with van der Waals surface area (Å²) in [6, 6.07) is 3.13. The van der Waals surface area contributed by atoms with Gasteiger partial charge in [-0.15, -0.1) is 24.8 Å². The number of carbonyl (C=O) groups is 1. The summed E-state index contributed by atoms with van der Waals surface area (Å²) in [4.78, 5) is 15.7. The monoisotopic (exact) mass is 347 g/mol. The van der Waals surface area contributed by atoms with Crippen LogP contribution in [-0.2, 0) is 16.1 Å². The number of carbonyl (C=O) groups excluding carboxylic acids is 1. The molecule has 0 aliphatic rings. The molecule has 122 valence electrons. The van der Waals surface area contributed by atoms with Crippen LogP contribution in [0, 0.1) is 0 Å². The number of pyridine rings is 1. The van der Waals surface area contributed by atoms with Crippen LogP contribution < -0.4 is 11.1 Å². The van der Waals surface area contributed by atoms with Crippen molar-refractivity contribution in [2.24, 2.45) is 5.73 Å². The minimum Gasteiger partial charge on any atom is -0.383 e. The van der Waals surface area contributed by atoms with Crippen molar-refractivity contribution in [3.8, 4) is 0 Å². The number of ether oxygens (including phenoxy) is 1. The molecule has 2 aromatic rings. The van der Waals surface area contributed by atoms with Crippen molar-refractivity contribution in [3.05, 3.63) is 42.5 Å². The lowest BCUT2D eigenvalue weighted by Crippen LogP contribution is -2.39. The second-order valence-corrected chi connectivity index (χ2v) is 4.33. The highest BCUT2D eigenvalue weighted by atomic mass is 35.5. The SMILES string of the molecule is COCC(N)C(=O)Nc1cnn(Cc2ccncc2)c1.Cl.Cl. The number of nitrogens with two attached hydrogens (primary N) is 1. The summed E-state index contributed by atoms with van der Waals surface area (Å²) in [5, 5.41) is 6.87. The Hall–Kier alpha value is -1.67. The number of nitrogens with zero attached hydrogens (tertiary/aromatic N) is 3. The number of hydrogen-bond donors (Lipinski definition) is 2. The van der Waals surface area contributed by atoms with E-state index in [1.54, 1.807) is 29.5 Å². The van der Waals surface area contributed by atoms with Gasteiger partial charge in [-0.1, -0.05) is 0 Å². The fraction of sp³-hybridized carbons (Fsp3) is 0.308. The van der Waals surface area contributed by atoms with Crippen molar-refractivity contribution in [2.75, 3.05) is 19.0 Å². The van der Waals surface area contributed by atoms with Gasteiger partial charge in [-0.2, -0.15) is 5.10 Å². The largest absolute Gasteiger partial charge is 0.383 e. The lowest BCUT2D eigenvalue weighted by Gasteiger charge is -2.09. The van der Waals surface area contributed by atoms with Gasteiger partial charge in [0.25, 0.3) is 0 Å². The van der Waals surface area contributed by atoms with Crippen molar-refractivity contribution < 1.29 is 9.53 Å². The molecular weight excluding hydrogens is 329 g/mol. The molecule has 0 aromatic carbocycles. The maximum absolute atomic E-state index is 11.7. The zero-order chi connectivity index (χ0) is 14.4. The molecule has 22 heavy (non-hydrogen) atoms. The summed E-state index contributed by atoms with van der Waals surface area (Å²) in [6.45, 7) is 0.791. The van der Waals surface area contributed by atoms with E-state index in [2.05, 4.69) is 15.4 Å². The number of aromatic nitrogens is 3. The van der Waals surface area contributed by atoms with Gasteiger partial charge in [-0.25, -0.2) is 0 Å². The predicted molar refractivity (Wildman–Crippen MR) is 88.5 cm³/mol. The summed E-state index contributed by atoms with van der Waals surface area (Å²) in [5.41, 5.74) is 7.32. The highest BCUT2D eigenvalue weighted by Crippen LogP contribution is 2.07. The molecule has 3 N–H and O–H groups in total. The fourth-order valence-corrected chi connectivity index (χ4v) is 1.68. The topological polar surface area (TPSA) is 95.1 Å². The first-order valence-electron chi connectivity index (χ1n) is 6.16. The zero-order valence-electron chi connectivity index (χ0n) is 12.0. The molecule has 2 rings (SSSR count). The highest BCUT2D eigenvalue weighted by molar-refractivity contribution is 5.94. The quantitative estimate of drug-likeness (QED) is 0.815. The second-order valence-electron chi connectivity index (χ2n) is 4.33. The van der Waals surface area contributed by atoms with Gasteiger partial charge in [0.15, 0.2) is 0 Å². The molecule has 9 heteroatoms. The minimum absolute atomic E-state index is 0. The number of hydrogen-bond acceptors (Lipinski definition) is 5. The summed E-state index contributed by atoms with van der Waals surface area (Å²) in [6.07, 6.45) is 6.78. The van der Waals surface area contributed by atoms with Gasteiger partial charge in [0, 0.05) is 25.7 Å². The van der Waals surface area contributed by atoms with Gasteiger partial charge >= 0.3 is 0 Å². The van der Waals surface area contributed by atoms with Crippen molar-refractivity contribution in [1.82, 2.24) is 14.8 Å². The van der Waals surface area contributed by atoms with Crippen LogP contribution in [0.3, 0.4) is 0 Å². The van der Waals surface area contributed by atoms with Gasteiger partial charge in [0.1, 0.15) is 6.04 Å². The normalized spacial score (nSPS) is 11.0. The Kier molecular flexibility index (Phi) is 9.35. The van der Waals surface area contributed by atoms with Gasteiger partial charge in [0.2, 0.25) is 5.91 Å². The number of nitrogens with one attached hydrogen (secondary N) is 1. The molecule has 1 atom stereocenters. The predicted octanol–water partition coefficient (Wildman–Crippen LogP) is 1.08. The number of rotatable bonds is 6. The Morgan fingerprint density at radius 1 is 1.41 bits per heavy atom. The average molecular weight is 348 g/mol. The third-order valence-electron chi connectivity index (χ3n) is 2.68. The van der Waals surface area contributed by atoms with Crippen LogP contribution in [0.5, 0.6) is 0 Å². The van der Waals surface area contributed by atoms with Crippen LogP contribution in [0.2, 0.25) is 0 Å². The fourth-order valence-electron chi connectivity index (χ4n) is 1.68. The van der Waals surface area contributed by atoms with Gasteiger partial charge in [0.05, 0.1) is 25.0 Å². The lowest BCUT2D eigenvalue weighted by atomic mass is 10.3. The first kappa shape index (κ1) is 20.3. The maximum atomic E-state index is 11.7. The molecule has 0 bridgehead atoms. The minimum atomic E-state index is -0.691. The first-order chi connectivity index (χ1) is 9.69. The smallest absolute Gasteiger partial charge is 0.243 e. The molecular formula is C13H19Cl2N5O2. The van der Waals surface area contributed by atoms with E-state index in [0.29, 0.717) is 12.2 Å². The van der Waals surface area contributed by atoms with Crippen molar-refractivity contribution in [3.63, 3.8) is 0 Å². The Morgan fingerprint density at radius 3 is 2.73 bits per heavy atom. The van der Waals surface area contributed by atoms with E-state index in [-0.39, 0.29) is 37.3 Å². The van der Waals surface area contributed by atoms with Gasteiger partial charge < -0.3 is 15.8 Å². The molecule has 0 radical (unpaired) electrons. The molecule has 0 aliphatic heterocycles. The molecule has 0 saturated heterocycles. The van der Waals surface area contributed by atoms with E-state index in [0.717, 1.165) is 5.56 Å². The van der Waals surface area contributed by atoms with Crippen LogP contribution in [0.1, 0.15) is 5.56 Å². The molecule has 2 aromatic heterocycles. The third-order valence-corrected chi connectivity index (χ3v) is 2.68. The number of anilines is 1. The molecule has 0 saturated carbocycles. The zero-order valence-corrected chi connectivity index (χ0v) is 13.6.